The van der Waals surface area contributed by atoms with Gasteiger partial charge in [0.15, 0.2) is 5.76 Å². The number of carbonyl (C=O) groups excluding carboxylic acids is 2. The van der Waals surface area contributed by atoms with Gasteiger partial charge in [0, 0.05) is 18.7 Å². The molecule has 132 valence electrons. The van der Waals surface area contributed by atoms with Crippen molar-refractivity contribution in [3.8, 4) is 0 Å². The van der Waals surface area contributed by atoms with Crippen molar-refractivity contribution in [3.05, 3.63) is 41.3 Å². The molecule has 8 heteroatoms. The van der Waals surface area contributed by atoms with Crippen LogP contribution in [-0.2, 0) is 17.7 Å². The van der Waals surface area contributed by atoms with E-state index in [1.54, 1.807) is 17.9 Å². The molecule has 1 aliphatic rings. The SMILES string of the molecule is CCc1onc(C)c1NC(=O)Nc1cccc(CN2CCOC2=O)c1. The van der Waals surface area contributed by atoms with Crippen molar-refractivity contribution in [2.75, 3.05) is 23.8 Å². The van der Waals surface area contributed by atoms with E-state index in [0.29, 0.717) is 48.9 Å². The summed E-state index contributed by atoms with van der Waals surface area (Å²) in [6.45, 7) is 5.13. The zero-order valence-corrected chi connectivity index (χ0v) is 14.2. The van der Waals surface area contributed by atoms with Gasteiger partial charge in [-0.2, -0.15) is 0 Å². The van der Waals surface area contributed by atoms with E-state index in [2.05, 4.69) is 15.8 Å². The number of anilines is 2. The third-order valence-corrected chi connectivity index (χ3v) is 3.90. The standard InChI is InChI=1S/C17H20N4O4/c1-3-14-15(11(2)20-25-14)19-16(22)18-13-6-4-5-12(9-13)10-21-7-8-24-17(21)23/h4-6,9H,3,7-8,10H2,1-2H3,(H2,18,19,22). The van der Waals surface area contributed by atoms with Gasteiger partial charge in [-0.3, -0.25) is 0 Å². The van der Waals surface area contributed by atoms with Gasteiger partial charge in [0.05, 0.1) is 6.54 Å². The van der Waals surface area contributed by atoms with Crippen LogP contribution in [0.15, 0.2) is 28.8 Å². The molecule has 0 saturated carbocycles. The van der Waals surface area contributed by atoms with Crippen LogP contribution in [-0.4, -0.2) is 35.3 Å². The van der Waals surface area contributed by atoms with E-state index in [4.69, 9.17) is 9.26 Å². The molecule has 0 spiro atoms. The molecule has 1 aliphatic heterocycles. The van der Waals surface area contributed by atoms with E-state index in [1.165, 1.54) is 0 Å². The lowest BCUT2D eigenvalue weighted by Crippen LogP contribution is -2.24. The van der Waals surface area contributed by atoms with Gasteiger partial charge in [-0.1, -0.05) is 24.2 Å². The molecule has 1 aromatic carbocycles. The predicted molar refractivity (Wildman–Crippen MR) is 91.5 cm³/mol. The molecule has 1 saturated heterocycles. The number of urea groups is 1. The number of benzene rings is 1. The Morgan fingerprint density at radius 1 is 1.36 bits per heavy atom. The first-order valence-electron chi connectivity index (χ1n) is 8.10. The Bertz CT molecular complexity index is 787. The van der Waals surface area contributed by atoms with Gasteiger partial charge in [0.2, 0.25) is 0 Å². The fourth-order valence-electron chi connectivity index (χ4n) is 2.63. The number of hydrogen-bond acceptors (Lipinski definition) is 5. The summed E-state index contributed by atoms with van der Waals surface area (Å²) >= 11 is 0. The third-order valence-electron chi connectivity index (χ3n) is 3.90. The molecule has 1 fully saturated rings. The number of nitrogens with zero attached hydrogens (tertiary/aromatic N) is 2. The average molecular weight is 344 g/mol. The molecule has 0 radical (unpaired) electrons. The van der Waals surface area contributed by atoms with E-state index >= 15 is 0 Å². The number of aryl methyl sites for hydroxylation is 2. The fraction of sp³-hybridized carbons (Fsp3) is 0.353. The molecule has 1 aromatic heterocycles. The maximum Gasteiger partial charge on any atom is 0.410 e. The first kappa shape index (κ1) is 16.8. The smallest absolute Gasteiger partial charge is 0.410 e. The van der Waals surface area contributed by atoms with Crippen molar-refractivity contribution in [2.24, 2.45) is 0 Å². The van der Waals surface area contributed by atoms with Crippen molar-refractivity contribution < 1.29 is 18.8 Å². The summed E-state index contributed by atoms with van der Waals surface area (Å²) in [6, 6.07) is 6.96. The van der Waals surface area contributed by atoms with Crippen LogP contribution < -0.4 is 10.6 Å². The van der Waals surface area contributed by atoms with Crippen molar-refractivity contribution in [1.29, 1.82) is 0 Å². The molecule has 8 nitrogen and oxygen atoms in total. The summed E-state index contributed by atoms with van der Waals surface area (Å²) in [7, 11) is 0. The minimum absolute atomic E-state index is 0.314. The first-order valence-corrected chi connectivity index (χ1v) is 8.10. The first-order chi connectivity index (χ1) is 12.1. The molecule has 3 rings (SSSR count). The Morgan fingerprint density at radius 2 is 2.20 bits per heavy atom. The Labute approximate surface area is 145 Å². The van der Waals surface area contributed by atoms with Crippen molar-refractivity contribution in [3.63, 3.8) is 0 Å². The van der Waals surface area contributed by atoms with Gasteiger partial charge < -0.3 is 24.8 Å². The van der Waals surface area contributed by atoms with Gasteiger partial charge in [-0.25, -0.2) is 9.59 Å². The van der Waals surface area contributed by atoms with Crippen molar-refractivity contribution in [2.45, 2.75) is 26.8 Å². The van der Waals surface area contributed by atoms with Gasteiger partial charge >= 0.3 is 12.1 Å². The van der Waals surface area contributed by atoms with E-state index < -0.39 is 0 Å². The van der Waals surface area contributed by atoms with Gasteiger partial charge in [-0.05, 0) is 24.6 Å². The number of nitrogens with one attached hydrogen (secondary N) is 2. The van der Waals surface area contributed by atoms with Gasteiger partial charge in [-0.15, -0.1) is 0 Å². The summed E-state index contributed by atoms with van der Waals surface area (Å²) in [4.78, 5) is 25.4. The van der Waals surface area contributed by atoms with E-state index in [9.17, 15) is 9.59 Å². The van der Waals surface area contributed by atoms with Crippen LogP contribution >= 0.6 is 0 Å². The zero-order valence-electron chi connectivity index (χ0n) is 14.2. The highest BCUT2D eigenvalue weighted by Gasteiger charge is 2.21. The van der Waals surface area contributed by atoms with Crippen LogP contribution in [0, 0.1) is 6.92 Å². The van der Waals surface area contributed by atoms with Crippen LogP contribution in [0.2, 0.25) is 0 Å². The number of amides is 3. The Hall–Kier alpha value is -3.03. The molecule has 25 heavy (non-hydrogen) atoms. The van der Waals surface area contributed by atoms with E-state index in [1.807, 2.05) is 25.1 Å². The number of hydrogen-bond donors (Lipinski definition) is 2. The van der Waals surface area contributed by atoms with Crippen LogP contribution in [0.3, 0.4) is 0 Å². The molecule has 3 amide bonds. The summed E-state index contributed by atoms with van der Waals surface area (Å²) in [5.41, 5.74) is 2.77. The second-order valence-corrected chi connectivity index (χ2v) is 5.74. The van der Waals surface area contributed by atoms with Gasteiger partial charge in [0.1, 0.15) is 18.0 Å². The highest BCUT2D eigenvalue weighted by Crippen LogP contribution is 2.21. The highest BCUT2D eigenvalue weighted by molar-refractivity contribution is 6.00. The summed E-state index contributed by atoms with van der Waals surface area (Å²) < 4.78 is 10.1. The Morgan fingerprint density at radius 3 is 2.92 bits per heavy atom. The average Bonchev–Trinajstić information content (AvgIpc) is 3.14. The zero-order chi connectivity index (χ0) is 17.8. The molecule has 0 unspecified atom stereocenters. The molecular formula is C17H20N4O4. The molecule has 2 aromatic rings. The number of ether oxygens (including phenoxy) is 1. The number of aromatic nitrogens is 1. The fourth-order valence-corrected chi connectivity index (χ4v) is 2.63. The largest absolute Gasteiger partial charge is 0.448 e. The van der Waals surface area contributed by atoms with E-state index in [-0.39, 0.29) is 12.1 Å². The van der Waals surface area contributed by atoms with E-state index in [0.717, 1.165) is 5.56 Å². The van der Waals surface area contributed by atoms with Crippen LogP contribution in [0.4, 0.5) is 21.0 Å². The number of rotatable bonds is 5. The predicted octanol–water partition coefficient (Wildman–Crippen LogP) is 3.14. The summed E-state index contributed by atoms with van der Waals surface area (Å²) in [5.74, 6) is 0.633. The number of cyclic esters (lactones) is 1. The van der Waals surface area contributed by atoms with Gasteiger partial charge in [0.25, 0.3) is 0 Å². The molecule has 2 heterocycles. The van der Waals surface area contributed by atoms with Crippen LogP contribution in [0.5, 0.6) is 0 Å². The Balaban J connectivity index is 1.64. The molecule has 2 N–H and O–H groups in total. The molecule has 0 atom stereocenters. The summed E-state index contributed by atoms with van der Waals surface area (Å²) in [5, 5.41) is 9.41. The van der Waals surface area contributed by atoms with Crippen LogP contribution in [0.25, 0.3) is 0 Å². The number of carbonyl (C=O) groups is 2. The second kappa shape index (κ2) is 7.25. The minimum atomic E-state index is -0.376. The quantitative estimate of drug-likeness (QED) is 0.868. The maximum absolute atomic E-state index is 12.2. The molecule has 0 aliphatic carbocycles. The topological polar surface area (TPSA) is 96.7 Å². The molecule has 0 bridgehead atoms. The Kier molecular flexibility index (Phi) is 4.87. The molecular weight excluding hydrogens is 324 g/mol. The maximum atomic E-state index is 12.2. The van der Waals surface area contributed by atoms with Crippen LogP contribution in [0.1, 0.15) is 23.9 Å². The summed E-state index contributed by atoms with van der Waals surface area (Å²) in [6.07, 6.45) is 0.323. The highest BCUT2D eigenvalue weighted by atomic mass is 16.6. The normalized spacial score (nSPS) is 13.7. The lowest BCUT2D eigenvalue weighted by molar-refractivity contribution is 0.157. The third kappa shape index (κ3) is 3.90. The monoisotopic (exact) mass is 344 g/mol. The lowest BCUT2D eigenvalue weighted by atomic mass is 10.2. The second-order valence-electron chi connectivity index (χ2n) is 5.74. The van der Waals surface area contributed by atoms with Crippen molar-refractivity contribution in [1.82, 2.24) is 10.1 Å². The minimum Gasteiger partial charge on any atom is -0.448 e. The van der Waals surface area contributed by atoms with Crippen molar-refractivity contribution >= 4 is 23.5 Å². The lowest BCUT2D eigenvalue weighted by Gasteiger charge is -2.14.